The number of pyridine rings is 1. The van der Waals surface area contributed by atoms with E-state index >= 15 is 0 Å². The van der Waals surface area contributed by atoms with Gasteiger partial charge in [-0.25, -0.2) is 0 Å². The number of carbonyl (C=O) groups excluding carboxylic acids is 1. The molecule has 0 spiro atoms. The monoisotopic (exact) mass is 491 g/mol. The molecule has 2 aliphatic heterocycles. The number of nitrogens with zero attached hydrogens (tertiary/aromatic N) is 4. The summed E-state index contributed by atoms with van der Waals surface area (Å²) in [4.78, 5) is 21.8. The first kappa shape index (κ1) is 23.7. The highest BCUT2D eigenvalue weighted by Crippen LogP contribution is 2.40. The van der Waals surface area contributed by atoms with Gasteiger partial charge in [-0.3, -0.25) is 9.78 Å². The molecule has 0 saturated carbocycles. The lowest BCUT2D eigenvalue weighted by molar-refractivity contribution is -0.137. The van der Waals surface area contributed by atoms with E-state index in [1.54, 1.807) is 30.5 Å². The molecule has 2 atom stereocenters. The van der Waals surface area contributed by atoms with Crippen molar-refractivity contribution in [2.75, 3.05) is 29.4 Å². The van der Waals surface area contributed by atoms with Crippen LogP contribution in [0, 0.1) is 17.2 Å². The van der Waals surface area contributed by atoms with Crippen molar-refractivity contribution >= 4 is 17.3 Å². The predicted octanol–water partition coefficient (Wildman–Crippen LogP) is 4.16. The summed E-state index contributed by atoms with van der Waals surface area (Å²) in [6.45, 7) is 1.81. The van der Waals surface area contributed by atoms with Crippen LogP contribution in [0.4, 0.5) is 24.5 Å². The summed E-state index contributed by atoms with van der Waals surface area (Å²) in [6.07, 6.45) is -2.62. The van der Waals surface area contributed by atoms with Gasteiger partial charge in [0, 0.05) is 31.5 Å². The van der Waals surface area contributed by atoms with Crippen LogP contribution in [0.15, 0.2) is 66.9 Å². The quantitative estimate of drug-likeness (QED) is 0.594. The molecular weight excluding hydrogens is 467 g/mol. The Labute approximate surface area is 207 Å². The van der Waals surface area contributed by atoms with E-state index in [0.29, 0.717) is 36.5 Å². The number of alkyl halides is 3. The van der Waals surface area contributed by atoms with Gasteiger partial charge in [0.2, 0.25) is 5.91 Å². The Morgan fingerprint density at radius 3 is 2.64 bits per heavy atom. The van der Waals surface area contributed by atoms with E-state index in [1.807, 2.05) is 18.2 Å². The first-order valence-electron chi connectivity index (χ1n) is 11.7. The van der Waals surface area contributed by atoms with Crippen LogP contribution in [0.1, 0.15) is 22.4 Å². The second kappa shape index (κ2) is 9.53. The number of anilines is 2. The summed E-state index contributed by atoms with van der Waals surface area (Å²) in [7, 11) is 0. The number of carbonyl (C=O) groups is 1. The molecule has 184 valence electrons. The van der Waals surface area contributed by atoms with Crippen LogP contribution in [0.5, 0.6) is 0 Å². The number of rotatable bonds is 4. The van der Waals surface area contributed by atoms with Gasteiger partial charge >= 0.3 is 6.18 Å². The largest absolute Gasteiger partial charge is 0.416 e. The van der Waals surface area contributed by atoms with E-state index in [9.17, 15) is 23.2 Å². The average Bonchev–Trinajstić information content (AvgIpc) is 2.90. The van der Waals surface area contributed by atoms with E-state index in [2.05, 4.69) is 26.2 Å². The van der Waals surface area contributed by atoms with Gasteiger partial charge in [0.1, 0.15) is 6.07 Å². The third kappa shape index (κ3) is 4.59. The number of aromatic nitrogens is 1. The van der Waals surface area contributed by atoms with Crippen molar-refractivity contribution in [3.8, 4) is 6.07 Å². The highest BCUT2D eigenvalue weighted by molar-refractivity contribution is 5.82. The number of nitrogens with one attached hydrogen (secondary N) is 1. The van der Waals surface area contributed by atoms with Crippen LogP contribution in [0.2, 0.25) is 0 Å². The van der Waals surface area contributed by atoms with Gasteiger partial charge in [-0.2, -0.15) is 18.4 Å². The Kier molecular flexibility index (Phi) is 6.27. The van der Waals surface area contributed by atoms with Gasteiger partial charge in [-0.1, -0.05) is 18.2 Å². The highest BCUT2D eigenvalue weighted by atomic mass is 19.4. The lowest BCUT2D eigenvalue weighted by atomic mass is 9.82. The van der Waals surface area contributed by atoms with Gasteiger partial charge in [0.05, 0.1) is 41.0 Å². The van der Waals surface area contributed by atoms with E-state index in [1.165, 1.54) is 12.1 Å². The van der Waals surface area contributed by atoms with Crippen molar-refractivity contribution in [3.63, 3.8) is 0 Å². The number of nitriles is 1. The maximum absolute atomic E-state index is 13.4. The smallest absolute Gasteiger partial charge is 0.367 e. The second-order valence-electron chi connectivity index (χ2n) is 9.03. The second-order valence-corrected chi connectivity index (χ2v) is 9.03. The molecule has 0 unspecified atom stereocenters. The number of hydrogen-bond acceptors (Lipinski definition) is 5. The van der Waals surface area contributed by atoms with Crippen molar-refractivity contribution in [2.24, 2.45) is 5.92 Å². The van der Waals surface area contributed by atoms with Crippen molar-refractivity contribution in [1.29, 1.82) is 5.26 Å². The summed E-state index contributed by atoms with van der Waals surface area (Å²) >= 11 is 0. The minimum atomic E-state index is -4.46. The minimum absolute atomic E-state index is 0.197. The minimum Gasteiger partial charge on any atom is -0.367 e. The third-order valence-electron chi connectivity index (χ3n) is 6.91. The molecule has 1 fully saturated rings. The van der Waals surface area contributed by atoms with Crippen LogP contribution in [0.3, 0.4) is 0 Å². The Morgan fingerprint density at radius 1 is 1.08 bits per heavy atom. The summed E-state index contributed by atoms with van der Waals surface area (Å²) in [5.41, 5.74) is 2.58. The van der Waals surface area contributed by atoms with Gasteiger partial charge in [-0.15, -0.1) is 0 Å². The average molecular weight is 492 g/mol. The number of piperazine rings is 1. The number of benzene rings is 2. The number of hydrogen-bond donors (Lipinski definition) is 1. The molecule has 0 bridgehead atoms. The number of amides is 1. The van der Waals surface area contributed by atoms with Crippen molar-refractivity contribution in [3.05, 3.63) is 89.2 Å². The maximum atomic E-state index is 13.4. The Balaban J connectivity index is 1.46. The standard InChI is InChI=1S/C27H24F3N5O/c28-27(29,30)20-8-9-24-19(13-20)14-22(26(36)33-16-21-6-3-4-10-32-21)25-17-34(11-12-35(24)25)23-7-2-1-5-18(23)15-31/h1-10,13,22,25H,11-12,14,16-17H2,(H,33,36)/t22-,25-/m1/s1. The van der Waals surface area contributed by atoms with Gasteiger partial charge < -0.3 is 15.1 Å². The molecule has 9 heteroatoms. The Bertz CT molecular complexity index is 1300. The van der Waals surface area contributed by atoms with Gasteiger partial charge in [0.15, 0.2) is 0 Å². The molecular formula is C27H24F3N5O. The summed E-state index contributed by atoms with van der Waals surface area (Å²) in [5.74, 6) is -0.795. The third-order valence-corrected chi connectivity index (χ3v) is 6.91. The summed E-state index contributed by atoms with van der Waals surface area (Å²) in [6, 6.07) is 18.5. The molecule has 1 aromatic heterocycles. The molecule has 3 aromatic rings. The molecule has 2 aromatic carbocycles. The molecule has 0 aliphatic carbocycles. The Hall–Kier alpha value is -4.06. The van der Waals surface area contributed by atoms with E-state index in [4.69, 9.17) is 0 Å². The van der Waals surface area contributed by atoms with Crippen LogP contribution in [-0.4, -0.2) is 36.6 Å². The molecule has 1 N–H and O–H groups in total. The molecule has 0 radical (unpaired) electrons. The van der Waals surface area contributed by atoms with E-state index < -0.39 is 17.7 Å². The fraction of sp³-hybridized carbons (Fsp3) is 0.296. The molecule has 1 saturated heterocycles. The van der Waals surface area contributed by atoms with E-state index in [0.717, 1.165) is 17.4 Å². The van der Waals surface area contributed by atoms with Crippen molar-refractivity contribution in [1.82, 2.24) is 10.3 Å². The van der Waals surface area contributed by atoms with Crippen LogP contribution in [-0.2, 0) is 23.9 Å². The van der Waals surface area contributed by atoms with E-state index in [-0.39, 0.29) is 24.9 Å². The number of fused-ring (bicyclic) bond motifs is 3. The van der Waals surface area contributed by atoms with Gasteiger partial charge in [0.25, 0.3) is 0 Å². The lowest BCUT2D eigenvalue weighted by Gasteiger charge is -2.49. The molecule has 36 heavy (non-hydrogen) atoms. The lowest BCUT2D eigenvalue weighted by Crippen LogP contribution is -2.61. The fourth-order valence-electron chi connectivity index (χ4n) is 5.17. The summed E-state index contributed by atoms with van der Waals surface area (Å²) in [5, 5.41) is 12.5. The molecule has 1 amide bonds. The van der Waals surface area contributed by atoms with Crippen LogP contribution in [0.25, 0.3) is 0 Å². The van der Waals surface area contributed by atoms with Crippen molar-refractivity contribution < 1.29 is 18.0 Å². The first-order valence-corrected chi connectivity index (χ1v) is 11.7. The molecule has 2 aliphatic rings. The maximum Gasteiger partial charge on any atom is 0.416 e. The number of halogens is 3. The molecule has 3 heterocycles. The number of para-hydroxylation sites is 1. The Morgan fingerprint density at radius 2 is 1.89 bits per heavy atom. The molecule has 5 rings (SSSR count). The predicted molar refractivity (Wildman–Crippen MR) is 129 cm³/mol. The zero-order chi connectivity index (χ0) is 25.3. The van der Waals surface area contributed by atoms with Gasteiger partial charge in [-0.05, 0) is 54.4 Å². The normalized spacial score (nSPS) is 19.2. The first-order chi connectivity index (χ1) is 17.3. The van der Waals surface area contributed by atoms with Crippen LogP contribution < -0.4 is 15.1 Å². The topological polar surface area (TPSA) is 72.3 Å². The summed E-state index contributed by atoms with van der Waals surface area (Å²) < 4.78 is 40.3. The highest BCUT2D eigenvalue weighted by Gasteiger charge is 2.43. The zero-order valence-electron chi connectivity index (χ0n) is 19.4. The SMILES string of the molecule is N#Cc1ccccc1N1CCN2c3ccc(C(F)(F)F)cc3C[C@@H](C(=O)NCc3ccccn3)[C@H]2C1. The fourth-order valence-corrected chi connectivity index (χ4v) is 5.17. The zero-order valence-corrected chi connectivity index (χ0v) is 19.4. The molecule has 6 nitrogen and oxygen atoms in total. The van der Waals surface area contributed by atoms with Crippen LogP contribution >= 0.6 is 0 Å². The van der Waals surface area contributed by atoms with Crippen molar-refractivity contribution in [2.45, 2.75) is 25.2 Å².